The summed E-state index contributed by atoms with van der Waals surface area (Å²) in [6, 6.07) is 14.4. The van der Waals surface area contributed by atoms with E-state index in [0.29, 0.717) is 30.1 Å². The second kappa shape index (κ2) is 7.92. The number of hydrogen-bond donors (Lipinski definition) is 1. The Bertz CT molecular complexity index is 839. The zero-order chi connectivity index (χ0) is 18.5. The Morgan fingerprint density at radius 2 is 1.88 bits per heavy atom. The molecule has 3 rings (SSSR count). The van der Waals surface area contributed by atoms with Crippen LogP contribution in [0.3, 0.4) is 0 Å². The van der Waals surface area contributed by atoms with Crippen LogP contribution in [0.25, 0.3) is 0 Å². The Hall–Kier alpha value is -3.00. The number of hydrogen-bond acceptors (Lipinski definition) is 4. The van der Waals surface area contributed by atoms with E-state index in [1.807, 2.05) is 18.2 Å². The van der Waals surface area contributed by atoms with E-state index in [-0.39, 0.29) is 17.9 Å². The minimum absolute atomic E-state index is 0.176. The molecule has 0 fully saturated rings. The zero-order valence-electron chi connectivity index (χ0n) is 15.0. The van der Waals surface area contributed by atoms with Crippen molar-refractivity contribution in [1.82, 2.24) is 5.32 Å². The van der Waals surface area contributed by atoms with Crippen molar-refractivity contribution >= 4 is 5.91 Å². The fourth-order valence-corrected chi connectivity index (χ4v) is 2.96. The molecule has 5 heteroatoms. The Morgan fingerprint density at radius 1 is 1.12 bits per heavy atom. The number of carbonyl (C=O) groups is 1. The summed E-state index contributed by atoms with van der Waals surface area (Å²) in [6.07, 6.45) is 0.851. The summed E-state index contributed by atoms with van der Waals surface area (Å²) in [5.74, 6) is 1.43. The Kier molecular flexibility index (Phi) is 5.43. The van der Waals surface area contributed by atoms with E-state index in [0.717, 1.165) is 17.7 Å². The standard InChI is InChI=1S/C21H22N2O3/c1-14(2)20(23-21(24)17-6-3-5-15(11-17)13-22)16-7-8-18-19(12-16)26-10-4-9-25-18/h3,5-8,11-12,14,20H,4,9-10H2,1-2H3,(H,23,24)/t20-/m0/s1. The highest BCUT2D eigenvalue weighted by atomic mass is 16.5. The lowest BCUT2D eigenvalue weighted by Crippen LogP contribution is -2.31. The van der Waals surface area contributed by atoms with Gasteiger partial charge in [-0.3, -0.25) is 4.79 Å². The van der Waals surface area contributed by atoms with Crippen molar-refractivity contribution < 1.29 is 14.3 Å². The first-order valence-corrected chi connectivity index (χ1v) is 8.79. The highest BCUT2D eigenvalue weighted by Gasteiger charge is 2.21. The topological polar surface area (TPSA) is 71.4 Å². The molecule has 0 aliphatic carbocycles. The van der Waals surface area contributed by atoms with E-state index < -0.39 is 0 Å². The van der Waals surface area contributed by atoms with Crippen LogP contribution in [0.1, 0.15) is 47.8 Å². The van der Waals surface area contributed by atoms with Crippen molar-refractivity contribution in [3.8, 4) is 17.6 Å². The first-order valence-electron chi connectivity index (χ1n) is 8.79. The van der Waals surface area contributed by atoms with Gasteiger partial charge >= 0.3 is 0 Å². The molecule has 0 bridgehead atoms. The molecule has 5 nitrogen and oxygen atoms in total. The molecule has 1 atom stereocenters. The van der Waals surface area contributed by atoms with Gasteiger partial charge in [0.25, 0.3) is 5.91 Å². The maximum atomic E-state index is 12.7. The van der Waals surface area contributed by atoms with Crippen LogP contribution in [0.4, 0.5) is 0 Å². The van der Waals surface area contributed by atoms with Gasteiger partial charge in [-0.15, -0.1) is 0 Å². The van der Waals surface area contributed by atoms with E-state index in [9.17, 15) is 4.79 Å². The molecule has 1 amide bonds. The lowest BCUT2D eigenvalue weighted by atomic mass is 9.95. The molecule has 1 aliphatic heterocycles. The SMILES string of the molecule is CC(C)[C@H](NC(=O)c1cccc(C#N)c1)c1ccc2c(c1)OCCCO2. The van der Waals surface area contributed by atoms with Gasteiger partial charge in [0, 0.05) is 12.0 Å². The van der Waals surface area contributed by atoms with Crippen molar-refractivity contribution in [3.63, 3.8) is 0 Å². The summed E-state index contributed by atoms with van der Waals surface area (Å²) in [6.45, 7) is 5.38. The quantitative estimate of drug-likeness (QED) is 0.909. The van der Waals surface area contributed by atoms with Crippen LogP contribution in [0.2, 0.25) is 0 Å². The van der Waals surface area contributed by atoms with E-state index in [2.05, 4.69) is 25.2 Å². The number of rotatable bonds is 4. The summed E-state index contributed by atoms with van der Waals surface area (Å²) in [7, 11) is 0. The molecule has 134 valence electrons. The summed E-state index contributed by atoms with van der Waals surface area (Å²) < 4.78 is 11.4. The molecule has 26 heavy (non-hydrogen) atoms. The molecule has 2 aromatic rings. The van der Waals surface area contributed by atoms with Crippen LogP contribution in [-0.2, 0) is 0 Å². The van der Waals surface area contributed by atoms with Crippen molar-refractivity contribution in [2.75, 3.05) is 13.2 Å². The third-order valence-electron chi connectivity index (χ3n) is 4.34. The normalized spacial score (nSPS) is 14.2. The first-order chi connectivity index (χ1) is 12.6. The number of benzene rings is 2. The Balaban J connectivity index is 1.84. The summed E-state index contributed by atoms with van der Waals surface area (Å²) in [5, 5.41) is 12.1. The summed E-state index contributed by atoms with van der Waals surface area (Å²) in [5.41, 5.74) is 1.91. The van der Waals surface area contributed by atoms with Crippen LogP contribution >= 0.6 is 0 Å². The predicted octanol–water partition coefficient (Wildman–Crippen LogP) is 3.85. The van der Waals surface area contributed by atoms with Gasteiger partial charge in [0.05, 0.1) is 30.9 Å². The molecule has 0 aromatic heterocycles. The fourth-order valence-electron chi connectivity index (χ4n) is 2.96. The minimum Gasteiger partial charge on any atom is -0.490 e. The van der Waals surface area contributed by atoms with Crippen molar-refractivity contribution in [3.05, 3.63) is 59.2 Å². The second-order valence-corrected chi connectivity index (χ2v) is 6.64. The highest BCUT2D eigenvalue weighted by Crippen LogP contribution is 2.34. The average Bonchev–Trinajstić information content (AvgIpc) is 2.90. The van der Waals surface area contributed by atoms with Gasteiger partial charge in [-0.1, -0.05) is 26.0 Å². The van der Waals surface area contributed by atoms with Crippen LogP contribution in [0.15, 0.2) is 42.5 Å². The molecule has 0 saturated heterocycles. The first kappa shape index (κ1) is 17.8. The monoisotopic (exact) mass is 350 g/mol. The third-order valence-corrected chi connectivity index (χ3v) is 4.34. The predicted molar refractivity (Wildman–Crippen MR) is 98.3 cm³/mol. The molecule has 0 radical (unpaired) electrons. The van der Waals surface area contributed by atoms with Gasteiger partial charge < -0.3 is 14.8 Å². The Morgan fingerprint density at radius 3 is 2.62 bits per heavy atom. The average molecular weight is 350 g/mol. The Labute approximate surface area is 153 Å². The van der Waals surface area contributed by atoms with E-state index in [4.69, 9.17) is 14.7 Å². The van der Waals surface area contributed by atoms with Crippen LogP contribution in [0, 0.1) is 17.2 Å². The fraction of sp³-hybridized carbons (Fsp3) is 0.333. The van der Waals surface area contributed by atoms with Gasteiger partial charge in [0.15, 0.2) is 11.5 Å². The van der Waals surface area contributed by atoms with Crippen LogP contribution < -0.4 is 14.8 Å². The molecule has 0 unspecified atom stereocenters. The molecular weight excluding hydrogens is 328 g/mol. The minimum atomic E-state index is -0.201. The number of carbonyl (C=O) groups excluding carboxylic acids is 1. The number of nitrogens with zero attached hydrogens (tertiary/aromatic N) is 1. The van der Waals surface area contributed by atoms with Crippen molar-refractivity contribution in [2.45, 2.75) is 26.3 Å². The molecule has 1 heterocycles. The van der Waals surface area contributed by atoms with Gasteiger partial charge in [-0.2, -0.15) is 5.26 Å². The highest BCUT2D eigenvalue weighted by molar-refractivity contribution is 5.94. The molecule has 0 saturated carbocycles. The molecule has 0 spiro atoms. The smallest absolute Gasteiger partial charge is 0.251 e. The third kappa shape index (κ3) is 3.97. The number of ether oxygens (including phenoxy) is 2. The lowest BCUT2D eigenvalue weighted by Gasteiger charge is -2.24. The van der Waals surface area contributed by atoms with Crippen molar-refractivity contribution in [1.29, 1.82) is 5.26 Å². The van der Waals surface area contributed by atoms with Gasteiger partial charge in [0.1, 0.15) is 0 Å². The molecule has 2 aromatic carbocycles. The summed E-state index contributed by atoms with van der Waals surface area (Å²) >= 11 is 0. The van der Waals surface area contributed by atoms with Crippen molar-refractivity contribution in [2.24, 2.45) is 5.92 Å². The summed E-state index contributed by atoms with van der Waals surface area (Å²) in [4.78, 5) is 12.7. The zero-order valence-corrected chi connectivity index (χ0v) is 15.0. The van der Waals surface area contributed by atoms with Crippen LogP contribution in [-0.4, -0.2) is 19.1 Å². The van der Waals surface area contributed by atoms with E-state index in [1.165, 1.54) is 0 Å². The van der Waals surface area contributed by atoms with Gasteiger partial charge in [-0.25, -0.2) is 0 Å². The largest absolute Gasteiger partial charge is 0.490 e. The number of amides is 1. The van der Waals surface area contributed by atoms with Crippen LogP contribution in [0.5, 0.6) is 11.5 Å². The number of fused-ring (bicyclic) bond motifs is 1. The molecular formula is C21H22N2O3. The maximum Gasteiger partial charge on any atom is 0.251 e. The van der Waals surface area contributed by atoms with Gasteiger partial charge in [0.2, 0.25) is 0 Å². The number of nitriles is 1. The van der Waals surface area contributed by atoms with E-state index in [1.54, 1.807) is 24.3 Å². The molecule has 1 N–H and O–H groups in total. The van der Waals surface area contributed by atoms with E-state index >= 15 is 0 Å². The molecule has 1 aliphatic rings. The van der Waals surface area contributed by atoms with Gasteiger partial charge in [-0.05, 0) is 41.8 Å². The number of nitrogens with one attached hydrogen (secondary N) is 1. The maximum absolute atomic E-state index is 12.7. The second-order valence-electron chi connectivity index (χ2n) is 6.64. The lowest BCUT2D eigenvalue weighted by molar-refractivity contribution is 0.0925.